The lowest BCUT2D eigenvalue weighted by Crippen LogP contribution is -2.23. The predicted octanol–water partition coefficient (Wildman–Crippen LogP) is 3.06. The van der Waals surface area contributed by atoms with Gasteiger partial charge in [-0.05, 0) is 36.8 Å². The van der Waals surface area contributed by atoms with Crippen LogP contribution >= 0.6 is 0 Å². The molecule has 1 N–H and O–H groups in total. The van der Waals surface area contributed by atoms with Gasteiger partial charge in [0.25, 0.3) is 0 Å². The Morgan fingerprint density at radius 1 is 1.00 bits per heavy atom. The number of benzene rings is 2. The molecule has 0 aromatic heterocycles. The van der Waals surface area contributed by atoms with Crippen LogP contribution in [0, 0.1) is 11.3 Å². The van der Waals surface area contributed by atoms with Gasteiger partial charge in [0.2, 0.25) is 5.91 Å². The second-order valence-electron chi connectivity index (χ2n) is 5.88. The zero-order valence-corrected chi connectivity index (χ0v) is 16.3. The van der Waals surface area contributed by atoms with Gasteiger partial charge in [0.05, 0.1) is 39.6 Å². The number of rotatable bonds is 10. The molecule has 0 fully saturated rings. The molecule has 0 bridgehead atoms. The molecule has 28 heavy (non-hydrogen) atoms. The third-order valence-electron chi connectivity index (χ3n) is 4.06. The van der Waals surface area contributed by atoms with Crippen LogP contribution in [0.15, 0.2) is 36.4 Å². The van der Waals surface area contributed by atoms with Crippen molar-refractivity contribution in [3.8, 4) is 29.1 Å². The van der Waals surface area contributed by atoms with E-state index in [2.05, 4.69) is 5.32 Å². The maximum atomic E-state index is 12.1. The topological polar surface area (TPSA) is 89.8 Å². The summed E-state index contributed by atoms with van der Waals surface area (Å²) < 4.78 is 21.4. The van der Waals surface area contributed by atoms with Gasteiger partial charge < -0.3 is 24.3 Å². The highest BCUT2D eigenvalue weighted by molar-refractivity contribution is 5.75. The monoisotopic (exact) mass is 384 g/mol. The third-order valence-corrected chi connectivity index (χ3v) is 4.06. The van der Waals surface area contributed by atoms with Crippen molar-refractivity contribution in [2.24, 2.45) is 0 Å². The molecule has 0 aliphatic carbocycles. The number of amides is 1. The Hall–Kier alpha value is -3.40. The van der Waals surface area contributed by atoms with E-state index in [9.17, 15) is 4.79 Å². The van der Waals surface area contributed by atoms with Crippen molar-refractivity contribution >= 4 is 5.91 Å². The number of carbonyl (C=O) groups is 1. The number of hydrogen-bond donors (Lipinski definition) is 1. The van der Waals surface area contributed by atoms with E-state index >= 15 is 0 Å². The second-order valence-corrected chi connectivity index (χ2v) is 5.88. The normalized spacial score (nSPS) is 9.93. The summed E-state index contributed by atoms with van der Waals surface area (Å²) in [4.78, 5) is 12.1. The van der Waals surface area contributed by atoms with E-state index in [0.717, 1.165) is 5.56 Å². The van der Waals surface area contributed by atoms with Crippen LogP contribution in [0.25, 0.3) is 0 Å². The van der Waals surface area contributed by atoms with E-state index in [1.807, 2.05) is 12.1 Å². The summed E-state index contributed by atoms with van der Waals surface area (Å²) in [6.07, 6.45) is 0.870. The van der Waals surface area contributed by atoms with Crippen molar-refractivity contribution in [3.05, 3.63) is 47.5 Å². The Labute approximate surface area is 164 Å². The lowest BCUT2D eigenvalue weighted by molar-refractivity contribution is -0.121. The van der Waals surface area contributed by atoms with Crippen molar-refractivity contribution < 1.29 is 23.7 Å². The molecule has 1 amide bonds. The van der Waals surface area contributed by atoms with E-state index < -0.39 is 0 Å². The van der Waals surface area contributed by atoms with Gasteiger partial charge in [0.1, 0.15) is 11.5 Å². The molecular weight excluding hydrogens is 360 g/mol. The average molecular weight is 384 g/mol. The van der Waals surface area contributed by atoms with Crippen molar-refractivity contribution in [1.82, 2.24) is 5.32 Å². The Kier molecular flexibility index (Phi) is 7.97. The van der Waals surface area contributed by atoms with Gasteiger partial charge in [0.15, 0.2) is 11.5 Å². The summed E-state index contributed by atoms with van der Waals surface area (Å²) in [5.74, 6) is 2.35. The second kappa shape index (κ2) is 10.7. The molecule has 2 aromatic carbocycles. The molecule has 148 valence electrons. The van der Waals surface area contributed by atoms with Crippen LogP contribution in [-0.2, 0) is 11.3 Å². The molecule has 0 aliphatic heterocycles. The van der Waals surface area contributed by atoms with Gasteiger partial charge in [-0.3, -0.25) is 4.79 Å². The quantitative estimate of drug-likeness (QED) is 0.633. The van der Waals surface area contributed by atoms with Crippen LogP contribution < -0.4 is 24.3 Å². The van der Waals surface area contributed by atoms with E-state index in [1.54, 1.807) is 44.6 Å². The summed E-state index contributed by atoms with van der Waals surface area (Å²) in [6.45, 7) is 0.710. The van der Waals surface area contributed by atoms with E-state index in [-0.39, 0.29) is 5.91 Å². The minimum Gasteiger partial charge on any atom is -0.497 e. The number of nitriles is 1. The molecule has 2 rings (SSSR count). The SMILES string of the molecule is COc1ccc(OC)c(CNC(=O)CCCOc2ccc(C#N)cc2OC)c1. The van der Waals surface area contributed by atoms with Crippen LogP contribution in [0.4, 0.5) is 0 Å². The molecule has 0 unspecified atom stereocenters. The summed E-state index contributed by atoms with van der Waals surface area (Å²) >= 11 is 0. The lowest BCUT2D eigenvalue weighted by atomic mass is 10.2. The Bertz CT molecular complexity index is 845. The maximum Gasteiger partial charge on any atom is 0.220 e. The summed E-state index contributed by atoms with van der Waals surface area (Å²) in [5.41, 5.74) is 1.34. The summed E-state index contributed by atoms with van der Waals surface area (Å²) in [5, 5.41) is 11.8. The molecule has 0 aliphatic rings. The maximum absolute atomic E-state index is 12.1. The first-order valence-electron chi connectivity index (χ1n) is 8.79. The first kappa shape index (κ1) is 20.9. The number of nitrogens with zero attached hydrogens (tertiary/aromatic N) is 1. The average Bonchev–Trinajstić information content (AvgIpc) is 2.74. The molecule has 7 heteroatoms. The fourth-order valence-corrected chi connectivity index (χ4v) is 2.57. The molecule has 0 atom stereocenters. The van der Waals surface area contributed by atoms with Gasteiger partial charge >= 0.3 is 0 Å². The minimum absolute atomic E-state index is 0.0831. The Balaban J connectivity index is 1.79. The molecular formula is C21H24N2O5. The first-order chi connectivity index (χ1) is 13.6. The van der Waals surface area contributed by atoms with Crippen LogP contribution in [0.2, 0.25) is 0 Å². The highest BCUT2D eigenvalue weighted by atomic mass is 16.5. The molecule has 0 saturated heterocycles. The summed E-state index contributed by atoms with van der Waals surface area (Å²) in [6, 6.07) is 12.5. The van der Waals surface area contributed by atoms with Crippen molar-refractivity contribution in [1.29, 1.82) is 5.26 Å². The predicted molar refractivity (Wildman–Crippen MR) is 104 cm³/mol. The Morgan fingerprint density at radius 3 is 2.43 bits per heavy atom. The molecule has 7 nitrogen and oxygen atoms in total. The number of hydrogen-bond acceptors (Lipinski definition) is 6. The van der Waals surface area contributed by atoms with Crippen LogP contribution in [0.5, 0.6) is 23.0 Å². The van der Waals surface area contributed by atoms with Crippen molar-refractivity contribution in [2.75, 3.05) is 27.9 Å². The standard InChI is InChI=1S/C21H24N2O5/c1-25-17-7-9-18(26-2)16(12-17)14-23-21(24)5-4-10-28-19-8-6-15(13-22)11-20(19)27-3/h6-9,11-12H,4-5,10,14H2,1-3H3,(H,23,24). The first-order valence-corrected chi connectivity index (χ1v) is 8.79. The largest absolute Gasteiger partial charge is 0.497 e. The van der Waals surface area contributed by atoms with Crippen molar-refractivity contribution in [3.63, 3.8) is 0 Å². The lowest BCUT2D eigenvalue weighted by Gasteiger charge is -2.12. The van der Waals surface area contributed by atoms with Gasteiger partial charge in [-0.25, -0.2) is 0 Å². The summed E-state index contributed by atoms with van der Waals surface area (Å²) in [7, 11) is 4.69. The van der Waals surface area contributed by atoms with Gasteiger partial charge in [0, 0.05) is 24.6 Å². The van der Waals surface area contributed by atoms with Gasteiger partial charge in [-0.1, -0.05) is 0 Å². The zero-order valence-electron chi connectivity index (χ0n) is 16.3. The fourth-order valence-electron chi connectivity index (χ4n) is 2.57. The van der Waals surface area contributed by atoms with Gasteiger partial charge in [-0.2, -0.15) is 5.26 Å². The molecule has 0 radical (unpaired) electrons. The van der Waals surface area contributed by atoms with Crippen molar-refractivity contribution in [2.45, 2.75) is 19.4 Å². The molecule has 0 saturated carbocycles. The van der Waals surface area contributed by atoms with E-state index in [0.29, 0.717) is 54.6 Å². The minimum atomic E-state index is -0.0831. The van der Waals surface area contributed by atoms with Crippen LogP contribution in [0.3, 0.4) is 0 Å². The smallest absolute Gasteiger partial charge is 0.220 e. The van der Waals surface area contributed by atoms with Gasteiger partial charge in [-0.15, -0.1) is 0 Å². The van der Waals surface area contributed by atoms with E-state index in [1.165, 1.54) is 7.11 Å². The highest BCUT2D eigenvalue weighted by Crippen LogP contribution is 2.28. The fraction of sp³-hybridized carbons (Fsp3) is 0.333. The number of nitrogens with one attached hydrogen (secondary N) is 1. The Morgan fingerprint density at radius 2 is 1.75 bits per heavy atom. The zero-order chi connectivity index (χ0) is 20.4. The highest BCUT2D eigenvalue weighted by Gasteiger charge is 2.09. The van der Waals surface area contributed by atoms with Crippen LogP contribution in [0.1, 0.15) is 24.0 Å². The molecule has 0 heterocycles. The van der Waals surface area contributed by atoms with Crippen LogP contribution in [-0.4, -0.2) is 33.8 Å². The number of methoxy groups -OCH3 is 3. The number of ether oxygens (including phenoxy) is 4. The number of carbonyl (C=O) groups excluding carboxylic acids is 1. The molecule has 0 spiro atoms. The third kappa shape index (κ3) is 5.81. The van der Waals surface area contributed by atoms with E-state index in [4.69, 9.17) is 24.2 Å². The molecule has 2 aromatic rings.